The molecular weight excluding hydrogens is 250 g/mol. The summed E-state index contributed by atoms with van der Waals surface area (Å²) in [4.78, 5) is 14.1. The summed E-state index contributed by atoms with van der Waals surface area (Å²) in [5, 5.41) is 9.47. The van der Waals surface area contributed by atoms with Gasteiger partial charge in [0, 0.05) is 13.1 Å². The van der Waals surface area contributed by atoms with Crippen LogP contribution in [0.3, 0.4) is 0 Å². The van der Waals surface area contributed by atoms with Crippen molar-refractivity contribution in [2.45, 2.75) is 51.6 Å². The maximum absolute atomic E-state index is 12.2. The van der Waals surface area contributed by atoms with Crippen LogP contribution in [0.1, 0.15) is 50.2 Å². The van der Waals surface area contributed by atoms with Gasteiger partial charge in [0.05, 0.1) is 12.5 Å². The summed E-state index contributed by atoms with van der Waals surface area (Å²) in [5.41, 5.74) is 2.41. The van der Waals surface area contributed by atoms with Crippen molar-refractivity contribution < 1.29 is 9.90 Å². The summed E-state index contributed by atoms with van der Waals surface area (Å²) in [7, 11) is 0. The highest BCUT2D eigenvalue weighted by Gasteiger charge is 2.21. The predicted octanol–water partition coefficient (Wildman–Crippen LogP) is 2.73. The molecule has 0 radical (unpaired) electrons. The fourth-order valence-electron chi connectivity index (χ4n) is 2.60. The lowest BCUT2D eigenvalue weighted by Crippen LogP contribution is -2.40. The summed E-state index contributed by atoms with van der Waals surface area (Å²) in [6.45, 7) is 5.78. The van der Waals surface area contributed by atoms with Crippen LogP contribution < -0.4 is 0 Å². The molecule has 1 aliphatic heterocycles. The van der Waals surface area contributed by atoms with Crippen LogP contribution >= 0.6 is 0 Å². The molecule has 110 valence electrons. The van der Waals surface area contributed by atoms with Crippen molar-refractivity contribution in [1.82, 2.24) is 4.90 Å². The van der Waals surface area contributed by atoms with Crippen molar-refractivity contribution >= 4 is 5.91 Å². The third-order valence-electron chi connectivity index (χ3n) is 4.33. The van der Waals surface area contributed by atoms with Gasteiger partial charge in [0.25, 0.3) is 0 Å². The number of piperidine rings is 1. The van der Waals surface area contributed by atoms with Gasteiger partial charge in [0.2, 0.25) is 5.91 Å². The third kappa shape index (κ3) is 3.83. The number of benzene rings is 1. The lowest BCUT2D eigenvalue weighted by molar-refractivity contribution is -0.132. The Morgan fingerprint density at radius 2 is 1.90 bits per heavy atom. The third-order valence-corrected chi connectivity index (χ3v) is 4.33. The topological polar surface area (TPSA) is 40.5 Å². The van der Waals surface area contributed by atoms with Gasteiger partial charge in [0.15, 0.2) is 0 Å². The van der Waals surface area contributed by atoms with Crippen LogP contribution in [0.2, 0.25) is 0 Å². The molecule has 1 N–H and O–H groups in total. The fraction of sp³-hybridized carbons (Fsp3) is 0.588. The summed E-state index contributed by atoms with van der Waals surface area (Å²) >= 11 is 0. The average Bonchev–Trinajstić information content (AvgIpc) is 2.48. The number of nitrogens with zero attached hydrogens (tertiary/aromatic N) is 1. The number of hydrogen-bond acceptors (Lipinski definition) is 2. The summed E-state index contributed by atoms with van der Waals surface area (Å²) in [5.74, 6) is 0.747. The molecule has 1 saturated heterocycles. The van der Waals surface area contributed by atoms with E-state index < -0.39 is 0 Å². The number of likely N-dealkylation sites (tertiary alicyclic amines) is 1. The van der Waals surface area contributed by atoms with E-state index in [1.807, 2.05) is 4.90 Å². The zero-order valence-electron chi connectivity index (χ0n) is 12.5. The molecule has 1 atom stereocenters. The first-order chi connectivity index (χ1) is 9.60. The van der Waals surface area contributed by atoms with Gasteiger partial charge in [0.1, 0.15) is 0 Å². The molecule has 1 unspecified atom stereocenters. The summed E-state index contributed by atoms with van der Waals surface area (Å²) < 4.78 is 0. The van der Waals surface area contributed by atoms with E-state index in [9.17, 15) is 9.90 Å². The van der Waals surface area contributed by atoms with Crippen LogP contribution in [-0.2, 0) is 11.2 Å². The Morgan fingerprint density at radius 3 is 2.45 bits per heavy atom. The van der Waals surface area contributed by atoms with Crippen molar-refractivity contribution in [3.05, 3.63) is 35.4 Å². The van der Waals surface area contributed by atoms with Gasteiger partial charge >= 0.3 is 0 Å². The van der Waals surface area contributed by atoms with Crippen LogP contribution in [-0.4, -0.2) is 35.1 Å². The molecule has 0 aromatic heterocycles. The van der Waals surface area contributed by atoms with E-state index in [4.69, 9.17) is 0 Å². The highest BCUT2D eigenvalue weighted by Crippen LogP contribution is 2.19. The highest BCUT2D eigenvalue weighted by atomic mass is 16.3. The first kappa shape index (κ1) is 15.0. The number of amides is 1. The van der Waals surface area contributed by atoms with Crippen molar-refractivity contribution in [2.24, 2.45) is 0 Å². The molecule has 0 bridgehead atoms. The van der Waals surface area contributed by atoms with E-state index in [2.05, 4.69) is 38.1 Å². The monoisotopic (exact) mass is 275 g/mol. The van der Waals surface area contributed by atoms with E-state index in [1.54, 1.807) is 0 Å². The Morgan fingerprint density at radius 1 is 1.30 bits per heavy atom. The van der Waals surface area contributed by atoms with Gasteiger partial charge in [-0.05, 0) is 36.3 Å². The van der Waals surface area contributed by atoms with Gasteiger partial charge in [-0.3, -0.25) is 4.79 Å². The number of carbonyl (C=O) groups is 1. The van der Waals surface area contributed by atoms with Gasteiger partial charge in [-0.15, -0.1) is 0 Å². The number of carbonyl (C=O) groups excluding carboxylic acids is 1. The van der Waals surface area contributed by atoms with E-state index in [1.165, 1.54) is 5.56 Å². The Kier molecular flexibility index (Phi) is 5.18. The molecule has 3 heteroatoms. The second kappa shape index (κ2) is 6.89. The van der Waals surface area contributed by atoms with Gasteiger partial charge in [-0.1, -0.05) is 38.1 Å². The van der Waals surface area contributed by atoms with Crippen LogP contribution in [0.25, 0.3) is 0 Å². The molecule has 3 nitrogen and oxygen atoms in total. The summed E-state index contributed by atoms with van der Waals surface area (Å²) in [6, 6.07) is 8.41. The first-order valence-corrected chi connectivity index (χ1v) is 7.64. The van der Waals surface area contributed by atoms with E-state index >= 15 is 0 Å². The molecule has 20 heavy (non-hydrogen) atoms. The normalized spacial score (nSPS) is 18.1. The Balaban J connectivity index is 1.91. The molecule has 1 aromatic rings. The molecule has 0 aliphatic carbocycles. The Hall–Kier alpha value is -1.35. The maximum atomic E-state index is 12.2. The largest absolute Gasteiger partial charge is 0.393 e. The minimum absolute atomic E-state index is 0.174. The molecule has 1 fully saturated rings. The maximum Gasteiger partial charge on any atom is 0.226 e. The molecule has 1 aromatic carbocycles. The average molecular weight is 275 g/mol. The summed E-state index contributed by atoms with van der Waals surface area (Å²) in [6.07, 6.45) is 2.79. The number of aliphatic hydroxyl groups excluding tert-OH is 1. The lowest BCUT2D eigenvalue weighted by Gasteiger charge is -2.29. The molecule has 0 spiro atoms. The van der Waals surface area contributed by atoms with Crippen molar-refractivity contribution in [3.8, 4) is 0 Å². The van der Waals surface area contributed by atoms with Crippen molar-refractivity contribution in [1.29, 1.82) is 0 Å². The second-order valence-electron chi connectivity index (χ2n) is 5.84. The SMILES string of the molecule is CCC(C)c1ccc(CC(=O)N2CCC(O)CC2)cc1. The number of rotatable bonds is 4. The lowest BCUT2D eigenvalue weighted by atomic mass is 9.97. The zero-order valence-corrected chi connectivity index (χ0v) is 12.5. The fourth-order valence-corrected chi connectivity index (χ4v) is 2.60. The van der Waals surface area contributed by atoms with Gasteiger partial charge in [-0.25, -0.2) is 0 Å². The minimum atomic E-state index is -0.228. The number of hydrogen-bond donors (Lipinski definition) is 1. The Bertz CT molecular complexity index is 433. The van der Waals surface area contributed by atoms with Crippen LogP contribution in [0.15, 0.2) is 24.3 Å². The van der Waals surface area contributed by atoms with E-state index in [0.717, 1.165) is 12.0 Å². The van der Waals surface area contributed by atoms with Crippen molar-refractivity contribution in [2.75, 3.05) is 13.1 Å². The second-order valence-corrected chi connectivity index (χ2v) is 5.84. The van der Waals surface area contributed by atoms with Crippen LogP contribution in [0.4, 0.5) is 0 Å². The van der Waals surface area contributed by atoms with Crippen molar-refractivity contribution in [3.63, 3.8) is 0 Å². The first-order valence-electron chi connectivity index (χ1n) is 7.64. The highest BCUT2D eigenvalue weighted by molar-refractivity contribution is 5.78. The molecular formula is C17H25NO2. The minimum Gasteiger partial charge on any atom is -0.393 e. The quantitative estimate of drug-likeness (QED) is 0.918. The smallest absolute Gasteiger partial charge is 0.226 e. The molecule has 2 rings (SSSR count). The molecule has 0 saturated carbocycles. The van der Waals surface area contributed by atoms with Gasteiger partial charge in [-0.2, -0.15) is 0 Å². The Labute approximate surface area is 121 Å². The van der Waals surface area contributed by atoms with Gasteiger partial charge < -0.3 is 10.0 Å². The standard InChI is InChI=1S/C17H25NO2/c1-3-13(2)15-6-4-14(5-7-15)12-17(20)18-10-8-16(19)9-11-18/h4-7,13,16,19H,3,8-12H2,1-2H3. The van der Waals surface area contributed by atoms with Crippen LogP contribution in [0.5, 0.6) is 0 Å². The zero-order chi connectivity index (χ0) is 14.5. The van der Waals surface area contributed by atoms with Crippen LogP contribution in [0, 0.1) is 0 Å². The molecule has 1 aliphatic rings. The van der Waals surface area contributed by atoms with E-state index in [0.29, 0.717) is 38.3 Å². The molecule has 1 amide bonds. The predicted molar refractivity (Wildman–Crippen MR) is 80.7 cm³/mol. The van der Waals surface area contributed by atoms with E-state index in [-0.39, 0.29) is 12.0 Å². The molecule has 1 heterocycles. The number of aliphatic hydroxyl groups is 1.